The van der Waals surface area contributed by atoms with E-state index in [4.69, 9.17) is 9.47 Å². The summed E-state index contributed by atoms with van der Waals surface area (Å²) < 4.78 is 27.7. The number of aromatic nitrogens is 1. The Labute approximate surface area is 172 Å². The van der Waals surface area contributed by atoms with Crippen LogP contribution in [0.1, 0.15) is 19.8 Å². The Morgan fingerprint density at radius 2 is 1.89 bits per heavy atom. The minimum absolute atomic E-state index is 0.0662. The van der Waals surface area contributed by atoms with E-state index < -0.39 is 5.82 Å². The van der Waals surface area contributed by atoms with Gasteiger partial charge in [-0.25, -0.2) is 4.39 Å². The van der Waals surface area contributed by atoms with E-state index >= 15 is 0 Å². The molecule has 0 bridgehead atoms. The molecule has 0 aliphatic carbocycles. The van der Waals surface area contributed by atoms with Crippen molar-refractivity contribution in [2.24, 2.45) is 0 Å². The Kier molecular flexibility index (Phi) is 6.73. The molecule has 0 saturated heterocycles. The lowest BCUT2D eigenvalue weighted by molar-refractivity contribution is 0.319. The molecule has 0 atom stereocenters. The van der Waals surface area contributed by atoms with E-state index in [0.29, 0.717) is 35.7 Å². The van der Waals surface area contributed by atoms with Crippen LogP contribution in [0.5, 0.6) is 11.5 Å². The normalized spacial score (nSPS) is 11.0. The van der Waals surface area contributed by atoms with Crippen molar-refractivity contribution in [2.75, 3.05) is 19.0 Å². The third-order valence-corrected chi connectivity index (χ3v) is 5.09. The first kappa shape index (κ1) is 20.4. The lowest BCUT2D eigenvalue weighted by atomic mass is 10.0. The van der Waals surface area contributed by atoms with Crippen LogP contribution in [0.4, 0.5) is 4.39 Å². The molecule has 1 heterocycles. The van der Waals surface area contributed by atoms with E-state index in [-0.39, 0.29) is 10.8 Å². The number of hydrogen-bond donors (Lipinski definition) is 0. The van der Waals surface area contributed by atoms with Gasteiger partial charge in [0.25, 0.3) is 0 Å². The standard InChI is InChI=1S/C22H23BrFNO3/c1-3-13-28-19-10-9-18(24)20-21(19)25(12-4-11-23)14-17(22(20)26)15-5-7-16(27-2)8-6-15/h5-10,14H,3-4,11-13H2,1-2H3. The van der Waals surface area contributed by atoms with Gasteiger partial charge in [0.1, 0.15) is 17.3 Å². The van der Waals surface area contributed by atoms with Crippen molar-refractivity contribution in [3.8, 4) is 22.6 Å². The van der Waals surface area contributed by atoms with E-state index in [1.165, 1.54) is 6.07 Å². The highest BCUT2D eigenvalue weighted by Crippen LogP contribution is 2.30. The maximum Gasteiger partial charge on any atom is 0.200 e. The number of hydrogen-bond acceptors (Lipinski definition) is 3. The molecule has 0 amide bonds. The smallest absolute Gasteiger partial charge is 0.200 e. The highest BCUT2D eigenvalue weighted by molar-refractivity contribution is 9.09. The number of pyridine rings is 1. The number of benzene rings is 2. The third kappa shape index (κ3) is 4.07. The second-order valence-electron chi connectivity index (χ2n) is 6.45. The maximum absolute atomic E-state index is 14.8. The van der Waals surface area contributed by atoms with Crippen LogP contribution in [0.15, 0.2) is 47.4 Å². The molecule has 4 nitrogen and oxygen atoms in total. The summed E-state index contributed by atoms with van der Waals surface area (Å²) >= 11 is 3.45. The first-order valence-electron chi connectivity index (χ1n) is 9.29. The second kappa shape index (κ2) is 9.24. The average molecular weight is 448 g/mol. The van der Waals surface area contributed by atoms with E-state index in [1.807, 2.05) is 23.6 Å². The average Bonchev–Trinajstić information content (AvgIpc) is 2.72. The Bertz CT molecular complexity index is 1010. The van der Waals surface area contributed by atoms with Crippen molar-refractivity contribution in [1.29, 1.82) is 0 Å². The number of methoxy groups -OCH3 is 1. The van der Waals surface area contributed by atoms with Gasteiger partial charge in [-0.05, 0) is 42.7 Å². The first-order valence-corrected chi connectivity index (χ1v) is 10.4. The van der Waals surface area contributed by atoms with Gasteiger partial charge in [-0.2, -0.15) is 0 Å². The predicted molar refractivity (Wildman–Crippen MR) is 114 cm³/mol. The zero-order valence-electron chi connectivity index (χ0n) is 16.0. The Morgan fingerprint density at radius 1 is 1.14 bits per heavy atom. The number of aryl methyl sites for hydroxylation is 1. The minimum Gasteiger partial charge on any atom is -0.497 e. The molecular weight excluding hydrogens is 425 g/mol. The summed E-state index contributed by atoms with van der Waals surface area (Å²) in [4.78, 5) is 13.2. The highest BCUT2D eigenvalue weighted by Gasteiger charge is 2.18. The molecule has 0 fully saturated rings. The quantitative estimate of drug-likeness (QED) is 0.434. The second-order valence-corrected chi connectivity index (χ2v) is 7.25. The van der Waals surface area contributed by atoms with Gasteiger partial charge in [0.2, 0.25) is 0 Å². The summed E-state index contributed by atoms with van der Waals surface area (Å²) in [6.07, 6.45) is 3.46. The van der Waals surface area contributed by atoms with Gasteiger partial charge < -0.3 is 14.0 Å². The molecule has 1 aromatic heterocycles. The monoisotopic (exact) mass is 447 g/mol. The molecule has 3 rings (SSSR count). The lowest BCUT2D eigenvalue weighted by Gasteiger charge is -2.17. The molecule has 0 spiro atoms. The molecule has 0 saturated carbocycles. The molecule has 3 aromatic rings. The number of ether oxygens (including phenoxy) is 2. The largest absolute Gasteiger partial charge is 0.497 e. The molecule has 28 heavy (non-hydrogen) atoms. The SMILES string of the molecule is CCCOc1ccc(F)c2c(=O)c(-c3ccc(OC)cc3)cn(CCCBr)c12. The zero-order valence-corrected chi connectivity index (χ0v) is 17.6. The summed E-state index contributed by atoms with van der Waals surface area (Å²) in [5.74, 6) is 0.698. The van der Waals surface area contributed by atoms with Gasteiger partial charge in [-0.3, -0.25) is 4.79 Å². The van der Waals surface area contributed by atoms with Crippen molar-refractivity contribution < 1.29 is 13.9 Å². The number of fused-ring (bicyclic) bond motifs is 1. The molecule has 148 valence electrons. The van der Waals surface area contributed by atoms with Crippen LogP contribution in [0.3, 0.4) is 0 Å². The number of alkyl halides is 1. The molecule has 0 aliphatic rings. The van der Waals surface area contributed by atoms with Crippen molar-refractivity contribution in [2.45, 2.75) is 26.3 Å². The summed E-state index contributed by atoms with van der Waals surface area (Å²) in [6.45, 7) is 3.15. The number of halogens is 2. The van der Waals surface area contributed by atoms with Crippen molar-refractivity contribution in [3.63, 3.8) is 0 Å². The molecule has 0 unspecified atom stereocenters. The third-order valence-electron chi connectivity index (χ3n) is 4.53. The van der Waals surface area contributed by atoms with E-state index in [2.05, 4.69) is 15.9 Å². The Morgan fingerprint density at radius 3 is 2.54 bits per heavy atom. The fourth-order valence-corrected chi connectivity index (χ4v) is 3.42. The maximum atomic E-state index is 14.8. The van der Waals surface area contributed by atoms with Crippen LogP contribution in [-0.4, -0.2) is 23.6 Å². The van der Waals surface area contributed by atoms with Gasteiger partial charge in [-0.1, -0.05) is 35.0 Å². The van der Waals surface area contributed by atoms with Crippen LogP contribution in [0, 0.1) is 5.82 Å². The molecule has 6 heteroatoms. The topological polar surface area (TPSA) is 40.5 Å². The predicted octanol–water partition coefficient (Wildman–Crippen LogP) is 5.39. The van der Waals surface area contributed by atoms with E-state index in [0.717, 1.165) is 23.7 Å². The summed E-state index contributed by atoms with van der Waals surface area (Å²) in [5.41, 5.74) is 1.35. The number of rotatable bonds is 8. The molecule has 0 N–H and O–H groups in total. The summed E-state index contributed by atoms with van der Waals surface area (Å²) in [5, 5.41) is 0.871. The van der Waals surface area contributed by atoms with Crippen LogP contribution in [0.2, 0.25) is 0 Å². The summed E-state index contributed by atoms with van der Waals surface area (Å²) in [6, 6.07) is 10.1. The molecule has 0 aliphatic heterocycles. The van der Waals surface area contributed by atoms with Crippen molar-refractivity contribution in [3.05, 3.63) is 58.6 Å². The van der Waals surface area contributed by atoms with Gasteiger partial charge in [0.15, 0.2) is 5.43 Å². The number of nitrogens with zero attached hydrogens (tertiary/aromatic N) is 1. The molecule has 2 aromatic carbocycles. The van der Waals surface area contributed by atoms with Gasteiger partial charge in [-0.15, -0.1) is 0 Å². The fraction of sp³-hybridized carbons (Fsp3) is 0.318. The fourth-order valence-electron chi connectivity index (χ4n) is 3.17. The van der Waals surface area contributed by atoms with Crippen LogP contribution in [0.25, 0.3) is 22.0 Å². The van der Waals surface area contributed by atoms with Crippen LogP contribution in [-0.2, 0) is 6.54 Å². The Hall–Kier alpha value is -2.34. The lowest BCUT2D eigenvalue weighted by Crippen LogP contribution is -2.15. The molecule has 0 radical (unpaired) electrons. The van der Waals surface area contributed by atoms with Gasteiger partial charge in [0, 0.05) is 23.6 Å². The van der Waals surface area contributed by atoms with Crippen LogP contribution < -0.4 is 14.9 Å². The van der Waals surface area contributed by atoms with Crippen LogP contribution >= 0.6 is 15.9 Å². The highest BCUT2D eigenvalue weighted by atomic mass is 79.9. The Balaban J connectivity index is 2.27. The molecular formula is C22H23BrFNO3. The minimum atomic E-state index is -0.535. The van der Waals surface area contributed by atoms with E-state index in [1.54, 1.807) is 31.5 Å². The van der Waals surface area contributed by atoms with Crippen molar-refractivity contribution >= 4 is 26.8 Å². The zero-order chi connectivity index (χ0) is 20.1. The first-order chi connectivity index (χ1) is 13.6. The van der Waals surface area contributed by atoms with E-state index in [9.17, 15) is 9.18 Å². The van der Waals surface area contributed by atoms with Gasteiger partial charge >= 0.3 is 0 Å². The summed E-state index contributed by atoms with van der Waals surface area (Å²) in [7, 11) is 1.59. The van der Waals surface area contributed by atoms with Gasteiger partial charge in [0.05, 0.1) is 24.6 Å². The van der Waals surface area contributed by atoms with Crippen molar-refractivity contribution in [1.82, 2.24) is 4.57 Å².